The van der Waals surface area contributed by atoms with Gasteiger partial charge < -0.3 is 14.5 Å². The van der Waals surface area contributed by atoms with E-state index in [0.29, 0.717) is 17.3 Å². The van der Waals surface area contributed by atoms with E-state index in [0.717, 1.165) is 33.3 Å². The molecule has 2 aromatic carbocycles. The summed E-state index contributed by atoms with van der Waals surface area (Å²) in [5.74, 6) is 1.77. The predicted octanol–water partition coefficient (Wildman–Crippen LogP) is 2.99. The molecular formula is C18H14N6O2. The van der Waals surface area contributed by atoms with E-state index in [1.807, 2.05) is 43.3 Å². The monoisotopic (exact) mass is 346 g/mol. The minimum Gasteiger partial charge on any atom is -0.454 e. The number of aromatic amines is 1. The first-order chi connectivity index (χ1) is 12.8. The molecule has 0 amide bonds. The van der Waals surface area contributed by atoms with Gasteiger partial charge in [0.05, 0.1) is 11.7 Å². The number of rotatable bonds is 3. The summed E-state index contributed by atoms with van der Waals surface area (Å²) in [5, 5.41) is 13.5. The summed E-state index contributed by atoms with van der Waals surface area (Å²) in [6.07, 6.45) is 1.66. The summed E-state index contributed by atoms with van der Waals surface area (Å²) in [6.45, 7) is 2.29. The zero-order chi connectivity index (χ0) is 17.5. The van der Waals surface area contributed by atoms with Crippen LogP contribution in [0, 0.1) is 6.92 Å². The number of para-hydroxylation sites is 1. The Kier molecular flexibility index (Phi) is 3.21. The molecule has 1 aliphatic heterocycles. The van der Waals surface area contributed by atoms with Gasteiger partial charge in [-0.3, -0.25) is 0 Å². The SMILES string of the molecule is Cc1cccc2c1[nH]c1nc(N/N=C/c3ccc4c(c3)OCO4)nnc12. The molecule has 0 fully saturated rings. The van der Waals surface area contributed by atoms with Crippen LogP contribution in [0.2, 0.25) is 0 Å². The summed E-state index contributed by atoms with van der Waals surface area (Å²) in [4.78, 5) is 7.73. The van der Waals surface area contributed by atoms with E-state index >= 15 is 0 Å². The molecule has 0 aliphatic carbocycles. The third-order valence-electron chi connectivity index (χ3n) is 4.23. The predicted molar refractivity (Wildman–Crippen MR) is 97.7 cm³/mol. The summed E-state index contributed by atoms with van der Waals surface area (Å²) in [5.41, 5.74) is 7.25. The molecule has 2 aromatic heterocycles. The molecule has 0 unspecified atom stereocenters. The molecule has 0 saturated heterocycles. The van der Waals surface area contributed by atoms with Gasteiger partial charge in [0, 0.05) is 5.39 Å². The number of benzene rings is 2. The third kappa shape index (κ3) is 2.39. The van der Waals surface area contributed by atoms with Gasteiger partial charge in [0.15, 0.2) is 17.1 Å². The molecule has 0 radical (unpaired) electrons. The lowest BCUT2D eigenvalue weighted by atomic mass is 10.1. The molecule has 2 N–H and O–H groups in total. The summed E-state index contributed by atoms with van der Waals surface area (Å²) < 4.78 is 10.6. The summed E-state index contributed by atoms with van der Waals surface area (Å²) in [7, 11) is 0. The van der Waals surface area contributed by atoms with Crippen molar-refractivity contribution in [3.63, 3.8) is 0 Å². The van der Waals surface area contributed by atoms with Crippen molar-refractivity contribution in [1.29, 1.82) is 0 Å². The smallest absolute Gasteiger partial charge is 0.265 e. The Balaban J connectivity index is 1.41. The van der Waals surface area contributed by atoms with Crippen LogP contribution in [-0.2, 0) is 0 Å². The standard InChI is InChI=1S/C18H14N6O2/c1-10-3-2-4-12-15(10)20-17-16(12)22-24-18(21-17)23-19-8-11-5-6-13-14(7-11)26-9-25-13/h2-8H,9H2,1H3,(H2,20,21,23,24)/b19-8+. The maximum absolute atomic E-state index is 5.35. The fourth-order valence-electron chi connectivity index (χ4n) is 2.95. The lowest BCUT2D eigenvalue weighted by Crippen LogP contribution is -1.99. The van der Waals surface area contributed by atoms with Crippen molar-refractivity contribution in [2.45, 2.75) is 6.92 Å². The zero-order valence-corrected chi connectivity index (χ0v) is 13.9. The van der Waals surface area contributed by atoms with Crippen LogP contribution in [0.4, 0.5) is 5.95 Å². The number of hydrazone groups is 1. The highest BCUT2D eigenvalue weighted by Crippen LogP contribution is 2.32. The molecule has 5 rings (SSSR count). The van der Waals surface area contributed by atoms with Crippen molar-refractivity contribution in [3.8, 4) is 11.5 Å². The molecule has 1 aliphatic rings. The first-order valence-electron chi connectivity index (χ1n) is 8.08. The quantitative estimate of drug-likeness (QED) is 0.437. The van der Waals surface area contributed by atoms with Gasteiger partial charge in [-0.15, -0.1) is 10.2 Å². The van der Waals surface area contributed by atoms with Gasteiger partial charge >= 0.3 is 0 Å². The van der Waals surface area contributed by atoms with E-state index < -0.39 is 0 Å². The molecule has 8 heteroatoms. The highest BCUT2D eigenvalue weighted by molar-refractivity contribution is 6.04. The first-order valence-corrected chi connectivity index (χ1v) is 8.08. The molecule has 0 atom stereocenters. The van der Waals surface area contributed by atoms with Crippen LogP contribution in [0.1, 0.15) is 11.1 Å². The normalized spacial score (nSPS) is 13.1. The number of nitrogens with one attached hydrogen (secondary N) is 2. The Morgan fingerprint density at radius 3 is 3.04 bits per heavy atom. The van der Waals surface area contributed by atoms with Crippen LogP contribution < -0.4 is 14.9 Å². The van der Waals surface area contributed by atoms with Crippen LogP contribution in [0.3, 0.4) is 0 Å². The average Bonchev–Trinajstić information content (AvgIpc) is 3.26. The topological polar surface area (TPSA) is 97.3 Å². The van der Waals surface area contributed by atoms with Crippen molar-refractivity contribution in [2.75, 3.05) is 12.2 Å². The van der Waals surface area contributed by atoms with E-state index in [1.165, 1.54) is 0 Å². The van der Waals surface area contributed by atoms with E-state index in [2.05, 4.69) is 30.7 Å². The third-order valence-corrected chi connectivity index (χ3v) is 4.23. The van der Waals surface area contributed by atoms with Crippen LogP contribution in [0.15, 0.2) is 41.5 Å². The number of hydrogen-bond acceptors (Lipinski definition) is 7. The van der Waals surface area contributed by atoms with Crippen LogP contribution in [0.5, 0.6) is 11.5 Å². The second-order valence-electron chi connectivity index (χ2n) is 5.94. The Morgan fingerprint density at radius 2 is 2.08 bits per heavy atom. The van der Waals surface area contributed by atoms with Gasteiger partial charge in [-0.1, -0.05) is 18.2 Å². The van der Waals surface area contributed by atoms with Crippen LogP contribution in [-0.4, -0.2) is 33.2 Å². The minimum atomic E-state index is 0.248. The van der Waals surface area contributed by atoms with E-state index in [4.69, 9.17) is 9.47 Å². The van der Waals surface area contributed by atoms with E-state index in [9.17, 15) is 0 Å². The second-order valence-corrected chi connectivity index (χ2v) is 5.94. The van der Waals surface area contributed by atoms with Gasteiger partial charge in [0.1, 0.15) is 5.52 Å². The molecule has 0 bridgehead atoms. The lowest BCUT2D eigenvalue weighted by molar-refractivity contribution is 0.174. The zero-order valence-electron chi connectivity index (χ0n) is 13.9. The molecule has 4 aromatic rings. The van der Waals surface area contributed by atoms with Crippen molar-refractivity contribution < 1.29 is 9.47 Å². The van der Waals surface area contributed by atoms with Crippen molar-refractivity contribution in [3.05, 3.63) is 47.5 Å². The number of H-pyrrole nitrogens is 1. The number of aryl methyl sites for hydroxylation is 1. The molecule has 26 heavy (non-hydrogen) atoms. The van der Waals surface area contributed by atoms with E-state index in [1.54, 1.807) is 6.21 Å². The van der Waals surface area contributed by atoms with Crippen molar-refractivity contribution in [1.82, 2.24) is 20.2 Å². The van der Waals surface area contributed by atoms with Gasteiger partial charge in [-0.05, 0) is 36.2 Å². The molecule has 0 spiro atoms. The van der Waals surface area contributed by atoms with Crippen molar-refractivity contribution in [2.24, 2.45) is 5.10 Å². The number of fused-ring (bicyclic) bond motifs is 4. The first kappa shape index (κ1) is 14.6. The Labute approximate surface area is 147 Å². The summed E-state index contributed by atoms with van der Waals surface area (Å²) >= 11 is 0. The molecule has 3 heterocycles. The Bertz CT molecular complexity index is 1170. The number of nitrogens with zero attached hydrogens (tertiary/aromatic N) is 4. The van der Waals surface area contributed by atoms with Crippen LogP contribution >= 0.6 is 0 Å². The number of hydrogen-bond donors (Lipinski definition) is 2. The summed E-state index contributed by atoms with van der Waals surface area (Å²) in [6, 6.07) is 11.6. The highest BCUT2D eigenvalue weighted by atomic mass is 16.7. The molecule has 0 saturated carbocycles. The Morgan fingerprint density at radius 1 is 1.15 bits per heavy atom. The van der Waals surface area contributed by atoms with Gasteiger partial charge in [-0.25, -0.2) is 5.43 Å². The molecular weight excluding hydrogens is 332 g/mol. The van der Waals surface area contributed by atoms with Gasteiger partial charge in [0.25, 0.3) is 5.95 Å². The Hall–Kier alpha value is -3.68. The van der Waals surface area contributed by atoms with Crippen LogP contribution in [0.25, 0.3) is 22.1 Å². The average molecular weight is 346 g/mol. The van der Waals surface area contributed by atoms with Crippen molar-refractivity contribution >= 4 is 34.2 Å². The molecule has 8 nitrogen and oxygen atoms in total. The second kappa shape index (κ2) is 5.69. The van der Waals surface area contributed by atoms with Gasteiger partial charge in [-0.2, -0.15) is 10.1 Å². The number of ether oxygens (including phenoxy) is 2. The fourth-order valence-corrected chi connectivity index (χ4v) is 2.95. The fraction of sp³-hybridized carbons (Fsp3) is 0.111. The number of aromatic nitrogens is 4. The van der Waals surface area contributed by atoms with E-state index in [-0.39, 0.29) is 6.79 Å². The van der Waals surface area contributed by atoms with Gasteiger partial charge in [0.2, 0.25) is 6.79 Å². The largest absolute Gasteiger partial charge is 0.454 e. The maximum Gasteiger partial charge on any atom is 0.265 e. The number of anilines is 1. The lowest BCUT2D eigenvalue weighted by Gasteiger charge is -1.99. The highest BCUT2D eigenvalue weighted by Gasteiger charge is 2.12. The maximum atomic E-state index is 5.35. The molecule has 128 valence electrons. The minimum absolute atomic E-state index is 0.248.